The third kappa shape index (κ3) is 1.93. The molecule has 3 N–H and O–H groups in total. The molecule has 0 unspecified atom stereocenters. The number of hydrogen-bond donors (Lipinski definition) is 2. The van der Waals surface area contributed by atoms with Crippen LogP contribution in [0.15, 0.2) is 28.8 Å². The lowest BCUT2D eigenvalue weighted by Gasteiger charge is -2.03. The second kappa shape index (κ2) is 4.35. The standard InChI is InChI=1S/C14H15N3O2/c1-3-18-9-4-5-11-10(6-9)14(8(2)16-11)12-7-13(15)19-17-12/h4-7,16H,3,15H2,1-2H3. The van der Waals surface area contributed by atoms with E-state index in [-0.39, 0.29) is 0 Å². The summed E-state index contributed by atoms with van der Waals surface area (Å²) in [6.07, 6.45) is 0. The monoisotopic (exact) mass is 257 g/mol. The van der Waals surface area contributed by atoms with Crippen LogP contribution >= 0.6 is 0 Å². The average Bonchev–Trinajstić information content (AvgIpc) is 2.92. The van der Waals surface area contributed by atoms with E-state index in [1.165, 1.54) is 0 Å². The highest BCUT2D eigenvalue weighted by Gasteiger charge is 2.14. The zero-order valence-corrected chi connectivity index (χ0v) is 10.9. The molecule has 98 valence electrons. The maximum absolute atomic E-state index is 5.59. The third-order valence-electron chi connectivity index (χ3n) is 3.05. The SMILES string of the molecule is CCOc1ccc2[nH]c(C)c(-c3cc(N)on3)c2c1. The highest BCUT2D eigenvalue weighted by Crippen LogP contribution is 2.34. The van der Waals surface area contributed by atoms with Crippen molar-refractivity contribution in [3.05, 3.63) is 30.0 Å². The van der Waals surface area contributed by atoms with Gasteiger partial charge in [0.2, 0.25) is 5.88 Å². The fourth-order valence-electron chi connectivity index (χ4n) is 2.30. The first-order valence-corrected chi connectivity index (χ1v) is 6.16. The van der Waals surface area contributed by atoms with E-state index in [9.17, 15) is 0 Å². The maximum atomic E-state index is 5.59. The minimum atomic E-state index is 0.310. The van der Waals surface area contributed by atoms with Gasteiger partial charge in [-0.15, -0.1) is 0 Å². The first-order valence-electron chi connectivity index (χ1n) is 6.16. The number of rotatable bonds is 3. The Morgan fingerprint density at radius 3 is 2.89 bits per heavy atom. The van der Waals surface area contributed by atoms with Gasteiger partial charge in [-0.1, -0.05) is 5.16 Å². The van der Waals surface area contributed by atoms with Crippen molar-refractivity contribution < 1.29 is 9.26 Å². The number of nitrogens with two attached hydrogens (primary N) is 1. The van der Waals surface area contributed by atoms with Crippen LogP contribution < -0.4 is 10.5 Å². The summed E-state index contributed by atoms with van der Waals surface area (Å²) >= 11 is 0. The van der Waals surface area contributed by atoms with E-state index < -0.39 is 0 Å². The van der Waals surface area contributed by atoms with Gasteiger partial charge in [0.15, 0.2) is 0 Å². The molecule has 3 aromatic rings. The van der Waals surface area contributed by atoms with Crippen molar-refractivity contribution in [1.29, 1.82) is 0 Å². The van der Waals surface area contributed by atoms with Crippen LogP contribution in [0, 0.1) is 6.92 Å². The Morgan fingerprint density at radius 1 is 1.37 bits per heavy atom. The van der Waals surface area contributed by atoms with Crippen LogP contribution in [0.4, 0.5) is 5.88 Å². The fourth-order valence-corrected chi connectivity index (χ4v) is 2.30. The van der Waals surface area contributed by atoms with Gasteiger partial charge >= 0.3 is 0 Å². The number of anilines is 1. The fraction of sp³-hybridized carbons (Fsp3) is 0.214. The van der Waals surface area contributed by atoms with Gasteiger partial charge in [-0.05, 0) is 32.0 Å². The van der Waals surface area contributed by atoms with Gasteiger partial charge in [0, 0.05) is 28.2 Å². The Bertz CT molecular complexity index is 727. The highest BCUT2D eigenvalue weighted by molar-refractivity contribution is 5.97. The van der Waals surface area contributed by atoms with Crippen LogP contribution in [-0.2, 0) is 0 Å². The molecule has 0 radical (unpaired) electrons. The van der Waals surface area contributed by atoms with E-state index in [1.807, 2.05) is 32.0 Å². The molecule has 0 saturated heterocycles. The zero-order chi connectivity index (χ0) is 13.4. The summed E-state index contributed by atoms with van der Waals surface area (Å²) < 4.78 is 10.5. The molecule has 0 atom stereocenters. The van der Waals surface area contributed by atoms with Gasteiger partial charge in [-0.25, -0.2) is 0 Å². The number of H-pyrrole nitrogens is 1. The van der Waals surface area contributed by atoms with Crippen LogP contribution in [0.1, 0.15) is 12.6 Å². The van der Waals surface area contributed by atoms with E-state index >= 15 is 0 Å². The molecule has 0 fully saturated rings. The van der Waals surface area contributed by atoms with Gasteiger partial charge < -0.3 is 20.0 Å². The van der Waals surface area contributed by atoms with Crippen molar-refractivity contribution in [2.45, 2.75) is 13.8 Å². The molecule has 0 aliphatic heterocycles. The summed E-state index contributed by atoms with van der Waals surface area (Å²) in [5.74, 6) is 1.15. The summed E-state index contributed by atoms with van der Waals surface area (Å²) in [7, 11) is 0. The number of ether oxygens (including phenoxy) is 1. The minimum Gasteiger partial charge on any atom is -0.494 e. The van der Waals surface area contributed by atoms with E-state index in [4.69, 9.17) is 15.0 Å². The number of nitrogens with zero attached hydrogens (tertiary/aromatic N) is 1. The number of hydrogen-bond acceptors (Lipinski definition) is 4. The molecule has 0 amide bonds. The van der Waals surface area contributed by atoms with Gasteiger partial charge in [0.05, 0.1) is 6.61 Å². The van der Waals surface area contributed by atoms with Crippen molar-refractivity contribution in [2.24, 2.45) is 0 Å². The predicted molar refractivity (Wildman–Crippen MR) is 74.1 cm³/mol. The van der Waals surface area contributed by atoms with Crippen LogP contribution in [0.5, 0.6) is 5.75 Å². The smallest absolute Gasteiger partial charge is 0.222 e. The molecule has 0 bridgehead atoms. The van der Waals surface area contributed by atoms with Crippen molar-refractivity contribution in [3.63, 3.8) is 0 Å². The summed E-state index contributed by atoms with van der Waals surface area (Å²) in [6.45, 7) is 4.60. The Balaban J connectivity index is 2.22. The van der Waals surface area contributed by atoms with E-state index in [0.717, 1.165) is 33.6 Å². The molecule has 0 aliphatic rings. The summed E-state index contributed by atoms with van der Waals surface area (Å²) in [5, 5.41) is 5.04. The Kier molecular flexibility index (Phi) is 2.67. The van der Waals surface area contributed by atoms with Crippen LogP contribution in [-0.4, -0.2) is 16.7 Å². The van der Waals surface area contributed by atoms with E-state index in [1.54, 1.807) is 6.07 Å². The molecule has 3 rings (SSSR count). The molecule has 0 saturated carbocycles. The average molecular weight is 257 g/mol. The van der Waals surface area contributed by atoms with Gasteiger partial charge in [-0.2, -0.15) is 0 Å². The molecule has 2 aromatic heterocycles. The predicted octanol–water partition coefficient (Wildman–Crippen LogP) is 3.11. The second-order valence-corrected chi connectivity index (χ2v) is 4.38. The number of nitrogen functional groups attached to an aromatic ring is 1. The number of benzene rings is 1. The van der Waals surface area contributed by atoms with Gasteiger partial charge in [0.1, 0.15) is 11.4 Å². The maximum Gasteiger partial charge on any atom is 0.222 e. The lowest BCUT2D eigenvalue weighted by molar-refractivity contribution is 0.341. The molecule has 0 aliphatic carbocycles. The molecule has 1 aromatic carbocycles. The van der Waals surface area contributed by atoms with E-state index in [2.05, 4.69) is 10.1 Å². The molecule has 19 heavy (non-hydrogen) atoms. The molecular weight excluding hydrogens is 242 g/mol. The molecule has 2 heterocycles. The highest BCUT2D eigenvalue weighted by atomic mass is 16.5. The third-order valence-corrected chi connectivity index (χ3v) is 3.05. The van der Waals surface area contributed by atoms with Crippen molar-refractivity contribution in [1.82, 2.24) is 10.1 Å². The first-order chi connectivity index (χ1) is 9.19. The summed E-state index contributed by atoms with van der Waals surface area (Å²) in [5.41, 5.74) is 9.39. The van der Waals surface area contributed by atoms with Crippen LogP contribution in [0.3, 0.4) is 0 Å². The Hall–Kier alpha value is -2.43. The number of aromatic nitrogens is 2. The lowest BCUT2D eigenvalue weighted by Crippen LogP contribution is -1.90. The van der Waals surface area contributed by atoms with E-state index in [0.29, 0.717) is 12.5 Å². The molecule has 0 spiro atoms. The van der Waals surface area contributed by atoms with Gasteiger partial charge in [0.25, 0.3) is 0 Å². The van der Waals surface area contributed by atoms with Crippen LogP contribution in [0.25, 0.3) is 22.2 Å². The summed E-state index contributed by atoms with van der Waals surface area (Å²) in [6, 6.07) is 7.68. The Labute approximate surface area is 110 Å². The first kappa shape index (κ1) is 11.6. The quantitative estimate of drug-likeness (QED) is 0.755. The number of aromatic amines is 1. The molecule has 5 nitrogen and oxygen atoms in total. The van der Waals surface area contributed by atoms with Crippen molar-refractivity contribution >= 4 is 16.8 Å². The van der Waals surface area contributed by atoms with Crippen molar-refractivity contribution in [3.8, 4) is 17.0 Å². The van der Waals surface area contributed by atoms with Crippen LogP contribution in [0.2, 0.25) is 0 Å². The Morgan fingerprint density at radius 2 is 2.21 bits per heavy atom. The second-order valence-electron chi connectivity index (χ2n) is 4.38. The summed E-state index contributed by atoms with van der Waals surface area (Å²) in [4.78, 5) is 3.33. The van der Waals surface area contributed by atoms with Gasteiger partial charge in [-0.3, -0.25) is 0 Å². The number of fused-ring (bicyclic) bond motifs is 1. The normalized spacial score (nSPS) is 11.1. The van der Waals surface area contributed by atoms with Crippen molar-refractivity contribution in [2.75, 3.05) is 12.3 Å². The molecular formula is C14H15N3O2. The number of nitrogens with one attached hydrogen (secondary N) is 1. The minimum absolute atomic E-state index is 0.310. The molecule has 5 heteroatoms. The number of aryl methyl sites for hydroxylation is 1. The lowest BCUT2D eigenvalue weighted by atomic mass is 10.1. The topological polar surface area (TPSA) is 77.1 Å². The largest absolute Gasteiger partial charge is 0.494 e. The zero-order valence-electron chi connectivity index (χ0n) is 10.9.